The lowest BCUT2D eigenvalue weighted by molar-refractivity contribution is -0.136. The van der Waals surface area contributed by atoms with Crippen molar-refractivity contribution in [2.75, 3.05) is 0 Å². The highest BCUT2D eigenvalue weighted by molar-refractivity contribution is 7.22. The molecule has 2 aromatic carbocycles. The predicted molar refractivity (Wildman–Crippen MR) is 143 cm³/mol. The molecule has 1 N–H and O–H groups in total. The molecule has 182 valence electrons. The van der Waals surface area contributed by atoms with E-state index in [0.717, 1.165) is 43.0 Å². The minimum absolute atomic E-state index is 0.0810. The molecule has 5 aromatic rings. The van der Waals surface area contributed by atoms with Crippen molar-refractivity contribution in [2.45, 2.75) is 39.7 Å². The van der Waals surface area contributed by atoms with E-state index in [2.05, 4.69) is 30.9 Å². The van der Waals surface area contributed by atoms with Gasteiger partial charge in [0.2, 0.25) is 0 Å². The van der Waals surface area contributed by atoms with Gasteiger partial charge in [0, 0.05) is 23.0 Å². The molecule has 0 atom stereocenters. The van der Waals surface area contributed by atoms with E-state index >= 15 is 0 Å². The Morgan fingerprint density at radius 2 is 1.86 bits per heavy atom. The van der Waals surface area contributed by atoms with Gasteiger partial charge in [-0.05, 0) is 68.7 Å². The van der Waals surface area contributed by atoms with Crippen molar-refractivity contribution < 1.29 is 9.90 Å². The molecule has 5 rings (SSSR count). The number of aryl methyl sites for hydroxylation is 1. The van der Waals surface area contributed by atoms with Crippen LogP contribution in [0.1, 0.15) is 31.9 Å². The maximum absolute atomic E-state index is 11.7. The summed E-state index contributed by atoms with van der Waals surface area (Å²) in [6.45, 7) is 8.18. The summed E-state index contributed by atoms with van der Waals surface area (Å²) < 4.78 is 2.80. The smallest absolute Gasteiger partial charge is 0.307 e. The maximum atomic E-state index is 11.7. The van der Waals surface area contributed by atoms with E-state index in [0.29, 0.717) is 16.5 Å². The number of carboxylic acid groups (broad SMARTS) is 1. The van der Waals surface area contributed by atoms with Crippen LogP contribution in [0.5, 0.6) is 0 Å². The largest absolute Gasteiger partial charge is 0.481 e. The zero-order chi connectivity index (χ0) is 25.6. The third-order valence-corrected chi connectivity index (χ3v) is 7.24. The van der Waals surface area contributed by atoms with Crippen LogP contribution in [0.2, 0.25) is 5.02 Å². The van der Waals surface area contributed by atoms with Crippen molar-refractivity contribution in [3.8, 4) is 33.2 Å². The first-order chi connectivity index (χ1) is 17.1. The van der Waals surface area contributed by atoms with Gasteiger partial charge in [-0.1, -0.05) is 23.7 Å². The molecule has 3 aromatic heterocycles. The van der Waals surface area contributed by atoms with Crippen LogP contribution in [0, 0.1) is 6.92 Å². The van der Waals surface area contributed by atoms with Gasteiger partial charge in [-0.15, -0.1) is 11.3 Å². The zero-order valence-electron chi connectivity index (χ0n) is 20.3. The van der Waals surface area contributed by atoms with Gasteiger partial charge in [-0.3, -0.25) is 9.48 Å². The van der Waals surface area contributed by atoms with E-state index < -0.39 is 5.97 Å². The van der Waals surface area contributed by atoms with Crippen LogP contribution >= 0.6 is 22.9 Å². The van der Waals surface area contributed by atoms with Crippen LogP contribution in [0.4, 0.5) is 0 Å². The Bertz CT molecular complexity index is 1600. The molecule has 0 spiro atoms. The van der Waals surface area contributed by atoms with Crippen molar-refractivity contribution in [3.63, 3.8) is 0 Å². The van der Waals surface area contributed by atoms with Crippen LogP contribution in [0.3, 0.4) is 0 Å². The van der Waals surface area contributed by atoms with E-state index in [1.54, 1.807) is 12.4 Å². The Labute approximate surface area is 217 Å². The molecule has 7 nitrogen and oxygen atoms in total. The van der Waals surface area contributed by atoms with Crippen molar-refractivity contribution in [2.24, 2.45) is 0 Å². The third-order valence-electron chi connectivity index (χ3n) is 5.88. The molecule has 3 heterocycles. The summed E-state index contributed by atoms with van der Waals surface area (Å²) in [5.74, 6) is -0.309. The normalized spacial score (nSPS) is 11.8. The molecule has 9 heteroatoms. The first-order valence-electron chi connectivity index (χ1n) is 11.4. The Balaban J connectivity index is 1.65. The van der Waals surface area contributed by atoms with E-state index in [4.69, 9.17) is 21.6 Å². The topological polar surface area (TPSA) is 93.8 Å². The van der Waals surface area contributed by atoms with Gasteiger partial charge in [0.25, 0.3) is 0 Å². The lowest BCUT2D eigenvalue weighted by Gasteiger charge is -2.18. The minimum atomic E-state index is -0.881. The first kappa shape index (κ1) is 24.1. The molecule has 0 aliphatic heterocycles. The third kappa shape index (κ3) is 4.62. The molecule has 0 fully saturated rings. The van der Waals surface area contributed by atoms with Crippen LogP contribution in [-0.2, 0) is 16.8 Å². The number of rotatable bonds is 5. The standard InChI is InChI=1S/C27H24ClN5O2S/c1-15-11-21-24(23(19(15)12-22(34)35)16-5-7-18(28)8-6-16)36-26(32-21)20-9-10-29-25(31-20)17-13-30-33(14-17)27(2,3)4/h5-11,13-14H,12H2,1-4H3,(H,34,35). The predicted octanol–water partition coefficient (Wildman–Crippen LogP) is 6.63. The van der Waals surface area contributed by atoms with Gasteiger partial charge >= 0.3 is 5.97 Å². The number of aliphatic carboxylic acids is 1. The lowest BCUT2D eigenvalue weighted by Crippen LogP contribution is -2.21. The second kappa shape index (κ2) is 9.11. The van der Waals surface area contributed by atoms with Crippen molar-refractivity contribution in [1.82, 2.24) is 24.7 Å². The fraction of sp³-hybridized carbons (Fsp3) is 0.222. The fourth-order valence-electron chi connectivity index (χ4n) is 4.07. The van der Waals surface area contributed by atoms with Crippen LogP contribution in [0.25, 0.3) is 43.4 Å². The van der Waals surface area contributed by atoms with Gasteiger partial charge < -0.3 is 5.11 Å². The number of hydrogen-bond acceptors (Lipinski definition) is 6. The van der Waals surface area contributed by atoms with E-state index in [9.17, 15) is 9.90 Å². The molecule has 0 bridgehead atoms. The maximum Gasteiger partial charge on any atom is 0.307 e. The highest BCUT2D eigenvalue weighted by Crippen LogP contribution is 2.41. The summed E-state index contributed by atoms with van der Waals surface area (Å²) in [5, 5.41) is 15.4. The van der Waals surface area contributed by atoms with E-state index in [1.807, 2.05) is 54.2 Å². The molecule has 0 saturated carbocycles. The summed E-state index contributed by atoms with van der Waals surface area (Å²) in [7, 11) is 0. The Hall–Kier alpha value is -3.62. The molecule has 0 aliphatic carbocycles. The van der Waals surface area contributed by atoms with Crippen molar-refractivity contribution >= 4 is 39.1 Å². The first-order valence-corrected chi connectivity index (χ1v) is 12.6. The average molecular weight is 518 g/mol. The van der Waals surface area contributed by atoms with E-state index in [-0.39, 0.29) is 12.0 Å². The molecule has 0 saturated heterocycles. The number of fused-ring (bicyclic) bond motifs is 1. The van der Waals surface area contributed by atoms with E-state index in [1.165, 1.54) is 11.3 Å². The van der Waals surface area contributed by atoms with Gasteiger partial charge in [-0.2, -0.15) is 5.10 Å². The summed E-state index contributed by atoms with van der Waals surface area (Å²) in [4.78, 5) is 25.8. The SMILES string of the molecule is Cc1cc2nc(-c3ccnc(-c4cnn(C(C)(C)C)c4)n3)sc2c(-c2ccc(Cl)cc2)c1CC(=O)O. The Morgan fingerprint density at radius 3 is 2.53 bits per heavy atom. The minimum Gasteiger partial charge on any atom is -0.481 e. The van der Waals surface area contributed by atoms with Gasteiger partial charge in [0.1, 0.15) is 10.7 Å². The fourth-order valence-corrected chi connectivity index (χ4v) is 5.30. The molecular formula is C27H24ClN5O2S. The van der Waals surface area contributed by atoms with Gasteiger partial charge in [0.05, 0.1) is 33.9 Å². The van der Waals surface area contributed by atoms with Gasteiger partial charge in [-0.25, -0.2) is 15.0 Å². The summed E-state index contributed by atoms with van der Waals surface area (Å²) in [6.07, 6.45) is 5.35. The number of nitrogens with zero attached hydrogens (tertiary/aromatic N) is 5. The van der Waals surface area contributed by atoms with Crippen LogP contribution < -0.4 is 0 Å². The Morgan fingerprint density at radius 1 is 1.11 bits per heavy atom. The molecular weight excluding hydrogens is 494 g/mol. The van der Waals surface area contributed by atoms with Crippen LogP contribution in [-0.4, -0.2) is 35.8 Å². The number of halogens is 1. The van der Waals surface area contributed by atoms with Crippen molar-refractivity contribution in [3.05, 3.63) is 71.1 Å². The summed E-state index contributed by atoms with van der Waals surface area (Å²) in [6, 6.07) is 11.2. The molecule has 0 amide bonds. The lowest BCUT2D eigenvalue weighted by atomic mass is 9.93. The number of thiazole rings is 1. The number of hydrogen-bond donors (Lipinski definition) is 1. The van der Waals surface area contributed by atoms with Crippen molar-refractivity contribution in [1.29, 1.82) is 0 Å². The molecule has 0 aliphatic rings. The molecule has 36 heavy (non-hydrogen) atoms. The highest BCUT2D eigenvalue weighted by Gasteiger charge is 2.21. The zero-order valence-corrected chi connectivity index (χ0v) is 21.9. The number of aromatic nitrogens is 5. The van der Waals surface area contributed by atoms with Crippen LogP contribution in [0.15, 0.2) is 55.0 Å². The highest BCUT2D eigenvalue weighted by atomic mass is 35.5. The molecule has 0 unspecified atom stereocenters. The quantitative estimate of drug-likeness (QED) is 0.281. The van der Waals surface area contributed by atoms with Gasteiger partial charge in [0.15, 0.2) is 5.82 Å². The number of carbonyl (C=O) groups is 1. The summed E-state index contributed by atoms with van der Waals surface area (Å²) >= 11 is 7.62. The number of carboxylic acids is 1. The Kier molecular flexibility index (Phi) is 6.10. The second-order valence-corrected chi connectivity index (χ2v) is 11.0. The summed E-state index contributed by atoms with van der Waals surface area (Å²) in [5.41, 5.74) is 5.60. The molecule has 0 radical (unpaired) electrons. The second-order valence-electron chi connectivity index (χ2n) is 9.60. The number of benzene rings is 2. The average Bonchev–Trinajstić information content (AvgIpc) is 3.48. The monoisotopic (exact) mass is 517 g/mol.